The van der Waals surface area contributed by atoms with Gasteiger partial charge >= 0.3 is 5.97 Å². The second-order valence-electron chi connectivity index (χ2n) is 13.7. The lowest BCUT2D eigenvalue weighted by Crippen LogP contribution is -2.25. The lowest BCUT2D eigenvalue weighted by molar-refractivity contribution is -0.136. The Hall–Kier alpha value is -5.39. The van der Waals surface area contributed by atoms with Crippen LogP contribution in [0.3, 0.4) is 0 Å². The fourth-order valence-electron chi connectivity index (χ4n) is 6.74. The third-order valence-corrected chi connectivity index (χ3v) is 9.77. The van der Waals surface area contributed by atoms with E-state index in [-0.39, 0.29) is 35.4 Å². The molecule has 3 aromatic heterocycles. The molecule has 0 amide bonds. The van der Waals surface area contributed by atoms with E-state index in [1.807, 2.05) is 24.4 Å². The number of aromatic nitrogens is 7. The Morgan fingerprint density at radius 1 is 1.04 bits per heavy atom. The van der Waals surface area contributed by atoms with Crippen molar-refractivity contribution >= 4 is 17.0 Å². The molecule has 0 spiro atoms. The van der Waals surface area contributed by atoms with Crippen LogP contribution in [0.15, 0.2) is 67.3 Å². The van der Waals surface area contributed by atoms with Gasteiger partial charge in [-0.15, -0.1) is 5.10 Å². The molecule has 12 heteroatoms. The summed E-state index contributed by atoms with van der Waals surface area (Å²) < 4.78 is 39.0. The fraction of sp³-hybridized carbons (Fsp3) is 0.324. The lowest BCUT2D eigenvalue weighted by Gasteiger charge is -2.30. The zero-order chi connectivity index (χ0) is 34.3. The number of aryl methyl sites for hydroxylation is 1. The summed E-state index contributed by atoms with van der Waals surface area (Å²) in [5.74, 6) is -1.48. The molecule has 3 aromatic carbocycles. The van der Waals surface area contributed by atoms with E-state index in [1.54, 1.807) is 10.9 Å². The number of rotatable bonds is 4. The Morgan fingerprint density at radius 3 is 2.71 bits per heavy atom. The first kappa shape index (κ1) is 32.2. The fourth-order valence-corrected chi connectivity index (χ4v) is 6.74. The van der Waals surface area contributed by atoms with Gasteiger partial charge in [0.15, 0.2) is 11.6 Å². The minimum atomic E-state index is -0.849. The molecule has 6 aromatic rings. The highest BCUT2D eigenvalue weighted by Gasteiger charge is 2.33. The second kappa shape index (κ2) is 12.6. The summed E-state index contributed by atoms with van der Waals surface area (Å²) in [7, 11) is 0. The number of benzene rings is 3. The number of H-pyrrole nitrogens is 2. The molecule has 1 aliphatic heterocycles. The summed E-state index contributed by atoms with van der Waals surface area (Å²) in [5, 5.41) is 18.2. The topological polar surface area (TPSA) is 135 Å². The van der Waals surface area contributed by atoms with E-state index in [0.29, 0.717) is 28.8 Å². The molecule has 252 valence electrons. The van der Waals surface area contributed by atoms with E-state index < -0.39 is 23.0 Å². The highest BCUT2D eigenvalue weighted by Crippen LogP contribution is 2.40. The highest BCUT2D eigenvalue weighted by molar-refractivity contribution is 5.81. The average molecular weight is 666 g/mol. The van der Waals surface area contributed by atoms with Crippen molar-refractivity contribution in [1.29, 1.82) is 0 Å². The van der Waals surface area contributed by atoms with E-state index in [0.717, 1.165) is 48.2 Å². The largest absolute Gasteiger partial charge is 0.481 e. The van der Waals surface area contributed by atoms with E-state index in [1.165, 1.54) is 30.6 Å². The summed E-state index contributed by atoms with van der Waals surface area (Å²) in [4.78, 5) is 26.7. The maximum Gasteiger partial charge on any atom is 0.303 e. The molecular formula is C37H37F2N7O3. The smallest absolute Gasteiger partial charge is 0.303 e. The van der Waals surface area contributed by atoms with Crippen LogP contribution in [0.1, 0.15) is 81.0 Å². The van der Waals surface area contributed by atoms with Crippen molar-refractivity contribution in [3.05, 3.63) is 107 Å². The number of hydrogen-bond donors (Lipinski definition) is 3. The standard InChI is InChI=1S/C37H37F2N7O3/c1-36(2)13-4-5-14-37(3,23-8-6-7-22(15-23)9-12-32(47)48)30-18-40-35(43-30)25-16-24(10-11-27(25)38)49-34-26(19-46-20-31(36)44-45-46)33-29(17-28(34)39)41-21-42-33/h6-8,10-11,15-18,20-21H,4-5,9,12-14,19H2,1-3H3,(H,40,43)(H,41,42)(H,47,48). The molecule has 1 aliphatic rings. The lowest BCUT2D eigenvalue weighted by atomic mass is 9.74. The van der Waals surface area contributed by atoms with Crippen LogP contribution < -0.4 is 4.74 Å². The Balaban J connectivity index is 1.34. The van der Waals surface area contributed by atoms with Gasteiger partial charge < -0.3 is 19.8 Å². The number of carboxylic acid groups (broad SMARTS) is 1. The number of aliphatic carboxylic acids is 1. The molecular weight excluding hydrogens is 628 g/mol. The molecule has 0 radical (unpaired) electrons. The molecule has 0 aliphatic carbocycles. The van der Waals surface area contributed by atoms with Crippen molar-refractivity contribution < 1.29 is 23.4 Å². The number of carboxylic acids is 1. The molecule has 0 saturated heterocycles. The molecule has 0 fully saturated rings. The number of imidazole rings is 2. The minimum absolute atomic E-state index is 0.0344. The van der Waals surface area contributed by atoms with Gasteiger partial charge in [0.05, 0.1) is 35.2 Å². The first-order valence-electron chi connectivity index (χ1n) is 16.4. The number of hydrogen-bond acceptors (Lipinski definition) is 6. The van der Waals surface area contributed by atoms with E-state index in [9.17, 15) is 9.90 Å². The SMILES string of the molecule is CC1(C)CCCCC(C)(c2cccc(CCC(=O)O)c2)c2cnc([nH]2)-c2cc(ccc2F)Oc2c(F)cc3[nH]cnc3c2Cn2cc1nn2. The minimum Gasteiger partial charge on any atom is -0.481 e. The second-order valence-corrected chi connectivity index (χ2v) is 13.7. The first-order valence-corrected chi connectivity index (χ1v) is 16.4. The number of ether oxygens (including phenoxy) is 1. The molecule has 7 rings (SSSR count). The van der Waals surface area contributed by atoms with Crippen LogP contribution in [0.2, 0.25) is 0 Å². The van der Waals surface area contributed by atoms with Gasteiger partial charge in [0.2, 0.25) is 0 Å². The quantitative estimate of drug-likeness (QED) is 0.175. The van der Waals surface area contributed by atoms with Gasteiger partial charge in [0.1, 0.15) is 17.4 Å². The Kier molecular flexibility index (Phi) is 8.25. The normalized spacial score (nSPS) is 17.8. The molecule has 1 atom stereocenters. The number of carbonyl (C=O) groups is 1. The summed E-state index contributed by atoms with van der Waals surface area (Å²) in [6, 6.07) is 13.5. The molecule has 1 unspecified atom stereocenters. The van der Waals surface area contributed by atoms with Gasteiger partial charge in [-0.2, -0.15) is 0 Å². The number of halogens is 2. The van der Waals surface area contributed by atoms with Crippen LogP contribution in [0.4, 0.5) is 8.78 Å². The maximum absolute atomic E-state index is 15.7. The number of nitrogens with zero attached hydrogens (tertiary/aromatic N) is 5. The van der Waals surface area contributed by atoms with E-state index in [2.05, 4.69) is 57.1 Å². The highest BCUT2D eigenvalue weighted by atomic mass is 19.1. The van der Waals surface area contributed by atoms with Gasteiger partial charge in [-0.25, -0.2) is 23.4 Å². The average Bonchev–Trinajstić information content (AvgIpc) is 3.86. The van der Waals surface area contributed by atoms with Crippen molar-refractivity contribution in [1.82, 2.24) is 34.9 Å². The molecule has 49 heavy (non-hydrogen) atoms. The van der Waals surface area contributed by atoms with Crippen LogP contribution in [0.25, 0.3) is 22.4 Å². The zero-order valence-corrected chi connectivity index (χ0v) is 27.6. The predicted octanol–water partition coefficient (Wildman–Crippen LogP) is 7.84. The van der Waals surface area contributed by atoms with Crippen LogP contribution in [-0.2, 0) is 28.6 Å². The van der Waals surface area contributed by atoms with Crippen molar-refractivity contribution in [2.75, 3.05) is 0 Å². The van der Waals surface area contributed by atoms with Gasteiger partial charge in [0.25, 0.3) is 0 Å². The van der Waals surface area contributed by atoms with Crippen molar-refractivity contribution in [2.24, 2.45) is 0 Å². The summed E-state index contributed by atoms with van der Waals surface area (Å²) in [5.41, 5.74) is 4.38. The van der Waals surface area contributed by atoms with Crippen molar-refractivity contribution in [3.8, 4) is 22.9 Å². The van der Waals surface area contributed by atoms with Gasteiger partial charge in [-0.3, -0.25) is 4.79 Å². The van der Waals surface area contributed by atoms with Gasteiger partial charge in [-0.1, -0.05) is 56.2 Å². The van der Waals surface area contributed by atoms with Crippen LogP contribution in [-0.4, -0.2) is 46.0 Å². The maximum atomic E-state index is 15.7. The Morgan fingerprint density at radius 2 is 1.88 bits per heavy atom. The number of nitrogens with one attached hydrogen (secondary N) is 2. The molecule has 3 N–H and O–H groups in total. The number of fused-ring (bicyclic) bond motifs is 10. The van der Waals surface area contributed by atoms with E-state index >= 15 is 8.78 Å². The summed E-state index contributed by atoms with van der Waals surface area (Å²) in [6.45, 7) is 6.56. The molecule has 6 bridgehead atoms. The summed E-state index contributed by atoms with van der Waals surface area (Å²) >= 11 is 0. The van der Waals surface area contributed by atoms with Crippen LogP contribution in [0, 0.1) is 11.6 Å². The third-order valence-electron chi connectivity index (χ3n) is 9.77. The molecule has 0 saturated carbocycles. The molecule has 10 nitrogen and oxygen atoms in total. The van der Waals surface area contributed by atoms with Gasteiger partial charge in [0, 0.05) is 47.0 Å². The van der Waals surface area contributed by atoms with Crippen LogP contribution in [0.5, 0.6) is 11.5 Å². The van der Waals surface area contributed by atoms with Crippen molar-refractivity contribution in [3.63, 3.8) is 0 Å². The monoisotopic (exact) mass is 665 g/mol. The van der Waals surface area contributed by atoms with Gasteiger partial charge in [-0.05, 0) is 55.5 Å². The first-order chi connectivity index (χ1) is 23.5. The Labute approximate surface area is 281 Å². The Bertz CT molecular complexity index is 2170. The zero-order valence-electron chi connectivity index (χ0n) is 27.6. The predicted molar refractivity (Wildman–Crippen MR) is 180 cm³/mol. The van der Waals surface area contributed by atoms with E-state index in [4.69, 9.17) is 4.74 Å². The third kappa shape index (κ3) is 6.30. The molecule has 4 heterocycles. The summed E-state index contributed by atoms with van der Waals surface area (Å²) in [6.07, 6.45) is 8.90. The van der Waals surface area contributed by atoms with Crippen molar-refractivity contribution in [2.45, 2.75) is 76.7 Å². The number of aromatic amines is 2. The van der Waals surface area contributed by atoms with Crippen LogP contribution >= 0.6 is 0 Å².